The maximum atomic E-state index is 13.5. The van der Waals surface area contributed by atoms with Gasteiger partial charge in [-0.15, -0.1) is 0 Å². The molecule has 1 aromatic carbocycles. The van der Waals surface area contributed by atoms with Gasteiger partial charge in [-0.1, -0.05) is 24.3 Å². The number of hydrogen-bond acceptors (Lipinski definition) is 6. The first-order valence-electron chi connectivity index (χ1n) is 11.5. The van der Waals surface area contributed by atoms with Crippen LogP contribution in [0.2, 0.25) is 0 Å². The van der Waals surface area contributed by atoms with Crippen molar-refractivity contribution in [3.63, 3.8) is 0 Å². The van der Waals surface area contributed by atoms with Crippen molar-refractivity contribution >= 4 is 18.0 Å². The number of halogens is 2. The van der Waals surface area contributed by atoms with Gasteiger partial charge >= 0.3 is 12.1 Å². The zero-order valence-corrected chi connectivity index (χ0v) is 22.0. The Morgan fingerprint density at radius 1 is 0.914 bits per heavy atom. The van der Waals surface area contributed by atoms with E-state index in [-0.39, 0.29) is 37.5 Å². The van der Waals surface area contributed by atoms with E-state index in [2.05, 4.69) is 10.6 Å². The van der Waals surface area contributed by atoms with Crippen LogP contribution in [0.4, 0.5) is 13.6 Å². The lowest BCUT2D eigenvalue weighted by Crippen LogP contribution is -2.50. The van der Waals surface area contributed by atoms with Gasteiger partial charge in [-0.05, 0) is 53.5 Å². The van der Waals surface area contributed by atoms with Crippen LogP contribution < -0.4 is 10.6 Å². The second kappa shape index (κ2) is 12.3. The van der Waals surface area contributed by atoms with E-state index in [1.807, 2.05) is 0 Å². The molecule has 0 aliphatic carbocycles. The van der Waals surface area contributed by atoms with Crippen LogP contribution in [0.3, 0.4) is 0 Å². The molecule has 1 atom stereocenters. The van der Waals surface area contributed by atoms with Crippen LogP contribution in [0.25, 0.3) is 0 Å². The molecule has 35 heavy (non-hydrogen) atoms. The van der Waals surface area contributed by atoms with Crippen molar-refractivity contribution in [2.24, 2.45) is 0 Å². The summed E-state index contributed by atoms with van der Waals surface area (Å²) in [5, 5.41) is 5.67. The average Bonchev–Trinajstić information content (AvgIpc) is 2.66. The number of amides is 2. The Morgan fingerprint density at radius 2 is 1.46 bits per heavy atom. The number of hydrogen-bond donors (Lipinski definition) is 2. The van der Waals surface area contributed by atoms with Crippen molar-refractivity contribution < 1.29 is 32.6 Å². The fourth-order valence-corrected chi connectivity index (χ4v) is 3.05. The molecule has 0 aliphatic heterocycles. The number of esters is 1. The zero-order chi connectivity index (χ0) is 27.0. The molecular weight excluding hydrogens is 460 g/mol. The number of nitrogens with zero attached hydrogens (tertiary/aromatic N) is 1. The predicted molar refractivity (Wildman–Crippen MR) is 129 cm³/mol. The molecule has 198 valence electrons. The van der Waals surface area contributed by atoms with Crippen molar-refractivity contribution in [1.29, 1.82) is 0 Å². The summed E-state index contributed by atoms with van der Waals surface area (Å²) in [7, 11) is 1.49. The molecule has 0 fully saturated rings. The van der Waals surface area contributed by atoms with E-state index in [1.165, 1.54) is 24.1 Å². The van der Waals surface area contributed by atoms with Gasteiger partial charge in [0, 0.05) is 32.6 Å². The van der Waals surface area contributed by atoms with Crippen LogP contribution in [-0.2, 0) is 31.4 Å². The molecular formula is C25H39F2N3O5. The van der Waals surface area contributed by atoms with E-state index in [0.717, 1.165) is 6.92 Å². The van der Waals surface area contributed by atoms with Gasteiger partial charge in [-0.25, -0.2) is 13.6 Å². The van der Waals surface area contributed by atoms with Crippen molar-refractivity contribution in [1.82, 2.24) is 15.5 Å². The smallest absolute Gasteiger partial charge is 0.407 e. The molecule has 1 aromatic rings. The lowest BCUT2D eigenvalue weighted by atomic mass is 10.0. The molecule has 0 bridgehead atoms. The quantitative estimate of drug-likeness (QED) is 0.377. The molecule has 2 N–H and O–H groups in total. The van der Waals surface area contributed by atoms with Crippen molar-refractivity contribution in [3.05, 3.63) is 35.4 Å². The standard InChI is InChI=1S/C25H39F2N3O5/c1-23(2,3)34-20(31)16-30(8)21(32)19(28-13-14-29-22(33)35-24(4,5)6)15-17-9-11-18(12-10-17)25(7,26)27/h9-12,19,28H,13-16H2,1-8H3,(H,29,33)/t19-/m0/s1. The maximum absolute atomic E-state index is 13.5. The number of carbonyl (C=O) groups is 3. The molecule has 8 nitrogen and oxygen atoms in total. The van der Waals surface area contributed by atoms with Crippen molar-refractivity contribution in [3.8, 4) is 0 Å². The molecule has 0 saturated heterocycles. The Hall–Kier alpha value is -2.75. The van der Waals surface area contributed by atoms with Gasteiger partial charge in [0.15, 0.2) is 0 Å². The Morgan fingerprint density at radius 3 is 1.94 bits per heavy atom. The third-order valence-electron chi connectivity index (χ3n) is 4.55. The zero-order valence-electron chi connectivity index (χ0n) is 22.0. The van der Waals surface area contributed by atoms with Gasteiger partial charge in [0.25, 0.3) is 5.92 Å². The minimum absolute atomic E-state index is 0.124. The number of benzene rings is 1. The highest BCUT2D eigenvalue weighted by molar-refractivity contribution is 5.86. The van der Waals surface area contributed by atoms with Crippen LogP contribution in [0.15, 0.2) is 24.3 Å². The molecule has 0 aromatic heterocycles. The van der Waals surface area contributed by atoms with E-state index >= 15 is 0 Å². The summed E-state index contributed by atoms with van der Waals surface area (Å²) in [6, 6.07) is 4.97. The molecule has 0 aliphatic rings. The average molecular weight is 500 g/mol. The largest absolute Gasteiger partial charge is 0.459 e. The third kappa shape index (κ3) is 12.5. The summed E-state index contributed by atoms with van der Waals surface area (Å²) in [4.78, 5) is 38.4. The van der Waals surface area contributed by atoms with Gasteiger partial charge in [-0.3, -0.25) is 9.59 Å². The Bertz CT molecular complexity index is 856. The molecule has 0 unspecified atom stereocenters. The first kappa shape index (κ1) is 30.3. The lowest BCUT2D eigenvalue weighted by Gasteiger charge is -2.26. The fourth-order valence-electron chi connectivity index (χ4n) is 3.05. The number of alkyl carbamates (subject to hydrolysis) is 1. The first-order chi connectivity index (χ1) is 15.9. The number of nitrogens with one attached hydrogen (secondary N) is 2. The van der Waals surface area contributed by atoms with Crippen LogP contribution in [0, 0.1) is 0 Å². The first-order valence-corrected chi connectivity index (χ1v) is 11.5. The highest BCUT2D eigenvalue weighted by Crippen LogP contribution is 2.27. The molecule has 0 spiro atoms. The highest BCUT2D eigenvalue weighted by atomic mass is 19.3. The highest BCUT2D eigenvalue weighted by Gasteiger charge is 2.27. The number of rotatable bonds is 10. The molecule has 0 radical (unpaired) electrons. The van der Waals surface area contributed by atoms with Gasteiger partial charge in [0.1, 0.15) is 17.7 Å². The van der Waals surface area contributed by atoms with E-state index in [9.17, 15) is 23.2 Å². The van der Waals surface area contributed by atoms with Crippen molar-refractivity contribution in [2.75, 3.05) is 26.7 Å². The molecule has 2 amide bonds. The molecule has 0 heterocycles. The summed E-state index contributed by atoms with van der Waals surface area (Å²) in [6.45, 7) is 11.5. The second-order valence-corrected chi connectivity index (χ2v) is 10.5. The monoisotopic (exact) mass is 499 g/mol. The number of carbonyl (C=O) groups excluding carboxylic acids is 3. The predicted octanol–water partition coefficient (Wildman–Crippen LogP) is 3.62. The third-order valence-corrected chi connectivity index (χ3v) is 4.55. The van der Waals surface area contributed by atoms with Crippen LogP contribution in [-0.4, -0.2) is 66.8 Å². The minimum atomic E-state index is -2.97. The van der Waals surface area contributed by atoms with Gasteiger partial charge in [-0.2, -0.15) is 0 Å². The van der Waals surface area contributed by atoms with Crippen LogP contribution in [0.5, 0.6) is 0 Å². The lowest BCUT2D eigenvalue weighted by molar-refractivity contribution is -0.158. The van der Waals surface area contributed by atoms with Crippen molar-refractivity contribution in [2.45, 2.75) is 78.1 Å². The second-order valence-electron chi connectivity index (χ2n) is 10.5. The summed E-state index contributed by atoms with van der Waals surface area (Å²) in [5.74, 6) is -3.89. The van der Waals surface area contributed by atoms with Gasteiger partial charge in [0.05, 0.1) is 6.04 Å². The number of likely N-dealkylation sites (N-methyl/N-ethyl adjacent to an activating group) is 1. The topological polar surface area (TPSA) is 97.0 Å². The van der Waals surface area contributed by atoms with E-state index in [4.69, 9.17) is 9.47 Å². The van der Waals surface area contributed by atoms with Crippen LogP contribution in [0.1, 0.15) is 59.6 Å². The van der Waals surface area contributed by atoms with Gasteiger partial charge in [0.2, 0.25) is 5.91 Å². The molecule has 0 saturated carbocycles. The Kier molecular flexibility index (Phi) is 10.6. The Labute approximate surface area is 206 Å². The van der Waals surface area contributed by atoms with E-state index < -0.39 is 35.2 Å². The summed E-state index contributed by atoms with van der Waals surface area (Å²) in [6.07, 6.45) is -0.389. The Balaban J connectivity index is 2.86. The van der Waals surface area contributed by atoms with Gasteiger partial charge < -0.3 is 25.0 Å². The summed E-state index contributed by atoms with van der Waals surface area (Å²) in [5.41, 5.74) is -0.785. The minimum Gasteiger partial charge on any atom is -0.459 e. The summed E-state index contributed by atoms with van der Waals surface area (Å²) < 4.78 is 37.5. The van der Waals surface area contributed by atoms with E-state index in [0.29, 0.717) is 5.56 Å². The maximum Gasteiger partial charge on any atom is 0.407 e. The number of ether oxygens (including phenoxy) is 2. The molecule has 10 heteroatoms. The normalized spacial score (nSPS) is 13.1. The SMILES string of the molecule is CN(CC(=O)OC(C)(C)C)C(=O)[C@H](Cc1ccc(C(C)(F)F)cc1)NCCNC(=O)OC(C)(C)C. The fraction of sp³-hybridized carbons (Fsp3) is 0.640. The summed E-state index contributed by atoms with van der Waals surface area (Å²) >= 11 is 0. The molecule has 1 rings (SSSR count). The van der Waals surface area contributed by atoms with Crippen LogP contribution >= 0.6 is 0 Å². The van der Waals surface area contributed by atoms with E-state index in [1.54, 1.807) is 53.7 Å². The number of alkyl halides is 2.